The predicted molar refractivity (Wildman–Crippen MR) is 106 cm³/mol. The first-order valence-electron chi connectivity index (χ1n) is 9.29. The molecule has 1 aliphatic heterocycles. The van der Waals surface area contributed by atoms with Crippen LogP contribution in [0.25, 0.3) is 22.8 Å². The fraction of sp³-hybridized carbons (Fsp3) is 0.286. The number of carbonyl (C=O) groups is 1. The van der Waals surface area contributed by atoms with Gasteiger partial charge in [-0.1, -0.05) is 18.1 Å². The molecule has 3 aromatic rings. The molecule has 2 heterocycles. The van der Waals surface area contributed by atoms with E-state index in [1.165, 1.54) is 0 Å². The average molecular weight is 395 g/mol. The number of anilines is 1. The molecular formula is C21H21N3O5. The number of para-hydroxylation sites is 1. The number of amides is 1. The topological polar surface area (TPSA) is 86.9 Å². The number of methoxy groups -OCH3 is 2. The maximum Gasteiger partial charge on any atom is 0.265 e. The van der Waals surface area contributed by atoms with Gasteiger partial charge in [0.15, 0.2) is 18.1 Å². The first-order valence-corrected chi connectivity index (χ1v) is 9.29. The second-order valence-corrected chi connectivity index (χ2v) is 6.48. The van der Waals surface area contributed by atoms with E-state index in [2.05, 4.69) is 10.1 Å². The third kappa shape index (κ3) is 3.37. The summed E-state index contributed by atoms with van der Waals surface area (Å²) in [4.78, 5) is 18.5. The smallest absolute Gasteiger partial charge is 0.265 e. The van der Waals surface area contributed by atoms with Crippen LogP contribution in [-0.2, 0) is 4.79 Å². The standard InChI is InChI=1S/C21H21N3O5/c1-4-10-24-15-11-13(8-9-16(15)28-12-18(24)25)20-22-21(29-23-20)14-6-5-7-17(26-2)19(14)27-3/h5-9,11H,4,10,12H2,1-3H3. The molecule has 0 spiro atoms. The summed E-state index contributed by atoms with van der Waals surface area (Å²) in [6.45, 7) is 2.70. The first kappa shape index (κ1) is 18.8. The Balaban J connectivity index is 1.72. The third-order valence-electron chi connectivity index (χ3n) is 4.67. The highest BCUT2D eigenvalue weighted by Gasteiger charge is 2.26. The van der Waals surface area contributed by atoms with Gasteiger partial charge in [-0.05, 0) is 36.8 Å². The SMILES string of the molecule is CCCN1C(=O)COc2ccc(-c3noc(-c4cccc(OC)c4OC)n3)cc21. The van der Waals surface area contributed by atoms with E-state index in [0.29, 0.717) is 46.8 Å². The average Bonchev–Trinajstić information content (AvgIpc) is 3.25. The van der Waals surface area contributed by atoms with Gasteiger partial charge in [0, 0.05) is 12.1 Å². The molecule has 8 nitrogen and oxygen atoms in total. The number of hydrogen-bond donors (Lipinski definition) is 0. The molecule has 1 aromatic heterocycles. The molecule has 0 saturated heterocycles. The molecule has 2 aromatic carbocycles. The van der Waals surface area contributed by atoms with Crippen molar-refractivity contribution in [3.05, 3.63) is 36.4 Å². The highest BCUT2D eigenvalue weighted by Crippen LogP contribution is 2.39. The third-order valence-corrected chi connectivity index (χ3v) is 4.67. The quantitative estimate of drug-likeness (QED) is 0.631. The first-order chi connectivity index (χ1) is 14.2. The number of aromatic nitrogens is 2. The van der Waals surface area contributed by atoms with Crippen LogP contribution >= 0.6 is 0 Å². The van der Waals surface area contributed by atoms with Crippen LogP contribution in [0.2, 0.25) is 0 Å². The number of hydrogen-bond acceptors (Lipinski definition) is 7. The van der Waals surface area contributed by atoms with Crippen molar-refractivity contribution < 1.29 is 23.5 Å². The van der Waals surface area contributed by atoms with E-state index in [1.54, 1.807) is 25.2 Å². The maximum atomic E-state index is 12.2. The lowest BCUT2D eigenvalue weighted by atomic mass is 10.1. The van der Waals surface area contributed by atoms with Crippen LogP contribution in [0.4, 0.5) is 5.69 Å². The lowest BCUT2D eigenvalue weighted by Gasteiger charge is -2.29. The van der Waals surface area contributed by atoms with E-state index >= 15 is 0 Å². The second kappa shape index (κ2) is 7.83. The molecule has 0 unspecified atom stereocenters. The second-order valence-electron chi connectivity index (χ2n) is 6.48. The summed E-state index contributed by atoms with van der Waals surface area (Å²) in [5.74, 6) is 2.41. The number of nitrogens with zero attached hydrogens (tertiary/aromatic N) is 3. The zero-order valence-electron chi connectivity index (χ0n) is 16.5. The van der Waals surface area contributed by atoms with Crippen molar-refractivity contribution in [3.63, 3.8) is 0 Å². The summed E-state index contributed by atoms with van der Waals surface area (Å²) < 4.78 is 21.8. The van der Waals surface area contributed by atoms with Crippen LogP contribution < -0.4 is 19.1 Å². The number of benzene rings is 2. The molecule has 0 atom stereocenters. The summed E-state index contributed by atoms with van der Waals surface area (Å²) in [7, 11) is 3.13. The van der Waals surface area contributed by atoms with Crippen LogP contribution in [0, 0.1) is 0 Å². The van der Waals surface area contributed by atoms with E-state index in [0.717, 1.165) is 12.0 Å². The number of fused-ring (bicyclic) bond motifs is 1. The van der Waals surface area contributed by atoms with Crippen molar-refractivity contribution in [1.82, 2.24) is 10.1 Å². The molecule has 1 amide bonds. The minimum absolute atomic E-state index is 0.0499. The number of carbonyl (C=O) groups excluding carboxylic acids is 1. The fourth-order valence-electron chi connectivity index (χ4n) is 3.32. The van der Waals surface area contributed by atoms with Gasteiger partial charge < -0.3 is 23.6 Å². The molecule has 4 rings (SSSR count). The summed E-state index contributed by atoms with van der Waals surface area (Å²) in [6.07, 6.45) is 0.845. The molecule has 0 aliphatic carbocycles. The van der Waals surface area contributed by atoms with Gasteiger partial charge in [0.05, 0.1) is 25.5 Å². The van der Waals surface area contributed by atoms with Gasteiger partial charge in [0.25, 0.3) is 11.8 Å². The maximum absolute atomic E-state index is 12.2. The molecule has 150 valence electrons. The van der Waals surface area contributed by atoms with Gasteiger partial charge >= 0.3 is 0 Å². The van der Waals surface area contributed by atoms with Crippen molar-refractivity contribution >= 4 is 11.6 Å². The molecule has 0 bridgehead atoms. The van der Waals surface area contributed by atoms with Gasteiger partial charge in [-0.2, -0.15) is 4.98 Å². The van der Waals surface area contributed by atoms with Crippen LogP contribution in [0.15, 0.2) is 40.9 Å². The van der Waals surface area contributed by atoms with Crippen molar-refractivity contribution in [2.45, 2.75) is 13.3 Å². The summed E-state index contributed by atoms with van der Waals surface area (Å²) in [5.41, 5.74) is 2.07. The molecule has 0 radical (unpaired) electrons. The van der Waals surface area contributed by atoms with Gasteiger partial charge in [-0.3, -0.25) is 4.79 Å². The fourth-order valence-corrected chi connectivity index (χ4v) is 3.32. The van der Waals surface area contributed by atoms with Gasteiger partial charge in [-0.25, -0.2) is 0 Å². The van der Waals surface area contributed by atoms with E-state index < -0.39 is 0 Å². The van der Waals surface area contributed by atoms with E-state index in [9.17, 15) is 4.79 Å². The lowest BCUT2D eigenvalue weighted by Crippen LogP contribution is -2.39. The van der Waals surface area contributed by atoms with Crippen molar-refractivity contribution in [2.24, 2.45) is 0 Å². The zero-order chi connectivity index (χ0) is 20.4. The van der Waals surface area contributed by atoms with Gasteiger partial charge in [0.2, 0.25) is 5.82 Å². The van der Waals surface area contributed by atoms with Crippen LogP contribution in [-0.4, -0.2) is 43.4 Å². The molecular weight excluding hydrogens is 374 g/mol. The van der Waals surface area contributed by atoms with Gasteiger partial charge in [-0.15, -0.1) is 0 Å². The van der Waals surface area contributed by atoms with Gasteiger partial charge in [0.1, 0.15) is 5.75 Å². The number of rotatable bonds is 6. The summed E-state index contributed by atoms with van der Waals surface area (Å²) in [5, 5.41) is 4.11. The van der Waals surface area contributed by atoms with E-state index in [1.807, 2.05) is 37.3 Å². The highest BCUT2D eigenvalue weighted by atomic mass is 16.5. The molecule has 0 N–H and O–H groups in total. The highest BCUT2D eigenvalue weighted by molar-refractivity contribution is 5.98. The molecule has 8 heteroatoms. The largest absolute Gasteiger partial charge is 0.493 e. The minimum atomic E-state index is -0.0635. The van der Waals surface area contributed by atoms with E-state index in [-0.39, 0.29) is 12.5 Å². The Morgan fingerprint density at radius 3 is 2.79 bits per heavy atom. The van der Waals surface area contributed by atoms with Crippen molar-refractivity contribution in [1.29, 1.82) is 0 Å². The Morgan fingerprint density at radius 1 is 1.17 bits per heavy atom. The Morgan fingerprint density at radius 2 is 2.03 bits per heavy atom. The van der Waals surface area contributed by atoms with Crippen LogP contribution in [0.3, 0.4) is 0 Å². The minimum Gasteiger partial charge on any atom is -0.493 e. The Labute approximate surface area is 168 Å². The zero-order valence-corrected chi connectivity index (χ0v) is 16.5. The predicted octanol–water partition coefficient (Wildman–Crippen LogP) is 3.56. The Kier molecular flexibility index (Phi) is 5.07. The lowest BCUT2D eigenvalue weighted by molar-refractivity contribution is -0.121. The summed E-state index contributed by atoms with van der Waals surface area (Å²) in [6, 6.07) is 11.0. The molecule has 29 heavy (non-hydrogen) atoms. The van der Waals surface area contributed by atoms with Crippen LogP contribution in [0.1, 0.15) is 13.3 Å². The Hall–Kier alpha value is -3.55. The molecule has 0 saturated carbocycles. The monoisotopic (exact) mass is 395 g/mol. The van der Waals surface area contributed by atoms with E-state index in [4.69, 9.17) is 18.7 Å². The number of ether oxygens (including phenoxy) is 3. The van der Waals surface area contributed by atoms with Crippen molar-refractivity contribution in [3.8, 4) is 40.1 Å². The van der Waals surface area contributed by atoms with Crippen LogP contribution in [0.5, 0.6) is 17.2 Å². The summed E-state index contributed by atoms with van der Waals surface area (Å²) >= 11 is 0. The Bertz CT molecular complexity index is 1050. The normalized spacial score (nSPS) is 13.1. The molecule has 1 aliphatic rings. The molecule has 0 fully saturated rings. The van der Waals surface area contributed by atoms with Crippen molar-refractivity contribution in [2.75, 3.05) is 32.3 Å².